The van der Waals surface area contributed by atoms with Crippen molar-refractivity contribution in [2.75, 3.05) is 13.7 Å². The van der Waals surface area contributed by atoms with Gasteiger partial charge in [-0.2, -0.15) is 0 Å². The monoisotopic (exact) mass is 143 g/mol. The van der Waals surface area contributed by atoms with Crippen molar-refractivity contribution >= 4 is 0 Å². The van der Waals surface area contributed by atoms with Crippen LogP contribution in [-0.2, 0) is 4.74 Å². The molecule has 0 rings (SSSR count). The smallest absolute Gasteiger partial charge is 0.108 e. The van der Waals surface area contributed by atoms with Crippen molar-refractivity contribution in [1.82, 2.24) is 5.32 Å². The summed E-state index contributed by atoms with van der Waals surface area (Å²) in [5, 5.41) is 3.25. The summed E-state index contributed by atoms with van der Waals surface area (Å²) in [5.41, 5.74) is -0.108. The van der Waals surface area contributed by atoms with Crippen LogP contribution in [0.5, 0.6) is 0 Å². The van der Waals surface area contributed by atoms with Gasteiger partial charge in [0, 0.05) is 0 Å². The van der Waals surface area contributed by atoms with E-state index in [4.69, 9.17) is 4.74 Å². The van der Waals surface area contributed by atoms with E-state index in [1.807, 2.05) is 13.8 Å². The Hall–Kier alpha value is -0.500. The summed E-state index contributed by atoms with van der Waals surface area (Å²) in [5.74, 6) is 0.773. The topological polar surface area (TPSA) is 21.3 Å². The molecule has 0 amide bonds. The third-order valence-corrected chi connectivity index (χ3v) is 1.56. The van der Waals surface area contributed by atoms with Gasteiger partial charge in [0.1, 0.15) is 5.76 Å². The number of ether oxygens (including phenoxy) is 1. The van der Waals surface area contributed by atoms with E-state index >= 15 is 0 Å². The summed E-state index contributed by atoms with van der Waals surface area (Å²) in [6.45, 7) is 10.9. The fourth-order valence-corrected chi connectivity index (χ4v) is 0.796. The van der Waals surface area contributed by atoms with Gasteiger partial charge in [0.15, 0.2) is 0 Å². The number of likely N-dealkylation sites (N-methyl/N-ethyl adjacent to an activating group) is 1. The summed E-state index contributed by atoms with van der Waals surface area (Å²) in [4.78, 5) is 0. The van der Waals surface area contributed by atoms with Gasteiger partial charge >= 0.3 is 0 Å². The normalized spacial score (nSPS) is 11.2. The van der Waals surface area contributed by atoms with E-state index in [2.05, 4.69) is 18.8 Å². The molecule has 2 nitrogen and oxygen atoms in total. The maximum absolute atomic E-state index is 5.01. The molecule has 0 aromatic carbocycles. The van der Waals surface area contributed by atoms with E-state index in [-0.39, 0.29) is 5.54 Å². The molecule has 0 aromatic rings. The molecule has 0 saturated carbocycles. The van der Waals surface area contributed by atoms with Gasteiger partial charge in [0.25, 0.3) is 0 Å². The summed E-state index contributed by atoms with van der Waals surface area (Å²) in [6, 6.07) is 0. The Kier molecular flexibility index (Phi) is 3.43. The van der Waals surface area contributed by atoms with E-state index in [0.717, 1.165) is 12.3 Å². The van der Waals surface area contributed by atoms with Crippen LogP contribution in [0.4, 0.5) is 0 Å². The average molecular weight is 143 g/mol. The van der Waals surface area contributed by atoms with Crippen LogP contribution in [0.2, 0.25) is 0 Å². The number of nitrogens with one attached hydrogen (secondary N) is 1. The van der Waals surface area contributed by atoms with Gasteiger partial charge in [-0.15, -0.1) is 0 Å². The van der Waals surface area contributed by atoms with Crippen LogP contribution in [0.1, 0.15) is 20.8 Å². The minimum atomic E-state index is -0.108. The first kappa shape index (κ1) is 9.50. The number of rotatable bonds is 4. The molecule has 0 spiro atoms. The van der Waals surface area contributed by atoms with Crippen molar-refractivity contribution < 1.29 is 4.74 Å². The van der Waals surface area contributed by atoms with Crippen molar-refractivity contribution in [2.24, 2.45) is 0 Å². The van der Waals surface area contributed by atoms with E-state index in [1.54, 1.807) is 7.11 Å². The predicted molar refractivity (Wildman–Crippen MR) is 43.9 cm³/mol. The molecular weight excluding hydrogens is 126 g/mol. The third kappa shape index (κ3) is 2.40. The Labute approximate surface area is 63.3 Å². The Bertz CT molecular complexity index is 118. The molecule has 0 aromatic heterocycles. The lowest BCUT2D eigenvalue weighted by atomic mass is 10.0. The van der Waals surface area contributed by atoms with Crippen molar-refractivity contribution in [3.05, 3.63) is 12.3 Å². The molecule has 60 valence electrons. The molecule has 0 fully saturated rings. The largest absolute Gasteiger partial charge is 0.500 e. The summed E-state index contributed by atoms with van der Waals surface area (Å²) in [7, 11) is 1.64. The highest BCUT2D eigenvalue weighted by Crippen LogP contribution is 2.12. The minimum absolute atomic E-state index is 0.108. The van der Waals surface area contributed by atoms with Crippen LogP contribution in [0.25, 0.3) is 0 Å². The lowest BCUT2D eigenvalue weighted by molar-refractivity contribution is 0.217. The lowest BCUT2D eigenvalue weighted by Crippen LogP contribution is -2.41. The highest BCUT2D eigenvalue weighted by molar-refractivity contribution is 5.04. The van der Waals surface area contributed by atoms with Crippen molar-refractivity contribution in [2.45, 2.75) is 26.3 Å². The number of methoxy groups -OCH3 is 1. The maximum Gasteiger partial charge on any atom is 0.108 e. The van der Waals surface area contributed by atoms with Gasteiger partial charge in [-0.25, -0.2) is 0 Å². The molecule has 0 saturated heterocycles. The molecule has 0 aliphatic rings. The fourth-order valence-electron chi connectivity index (χ4n) is 0.796. The SMILES string of the molecule is C=C(OC)C(C)(C)NCC. The first-order valence-corrected chi connectivity index (χ1v) is 3.53. The molecule has 0 heterocycles. The molecule has 0 bridgehead atoms. The van der Waals surface area contributed by atoms with Crippen molar-refractivity contribution in [3.8, 4) is 0 Å². The van der Waals surface area contributed by atoms with Crippen LogP contribution in [0.15, 0.2) is 12.3 Å². The maximum atomic E-state index is 5.01. The standard InChI is InChI=1S/C8H17NO/c1-6-9-8(3,4)7(2)10-5/h9H,2,6H2,1,3-5H3. The van der Waals surface area contributed by atoms with Gasteiger partial charge in [-0.1, -0.05) is 13.5 Å². The van der Waals surface area contributed by atoms with Gasteiger partial charge in [-0.3, -0.25) is 0 Å². The molecule has 0 aliphatic heterocycles. The molecular formula is C8H17NO. The van der Waals surface area contributed by atoms with Crippen LogP contribution < -0.4 is 5.32 Å². The van der Waals surface area contributed by atoms with Gasteiger partial charge < -0.3 is 10.1 Å². The summed E-state index contributed by atoms with van der Waals surface area (Å²) < 4.78 is 5.01. The zero-order valence-corrected chi connectivity index (χ0v) is 7.32. The second-order valence-corrected chi connectivity index (χ2v) is 2.78. The van der Waals surface area contributed by atoms with Crippen molar-refractivity contribution in [1.29, 1.82) is 0 Å². The molecule has 0 aliphatic carbocycles. The Morgan fingerprint density at radius 3 is 2.40 bits per heavy atom. The average Bonchev–Trinajstić information content (AvgIpc) is 1.86. The zero-order valence-electron chi connectivity index (χ0n) is 7.32. The van der Waals surface area contributed by atoms with E-state index in [1.165, 1.54) is 0 Å². The van der Waals surface area contributed by atoms with Gasteiger partial charge in [0.05, 0.1) is 12.6 Å². The first-order valence-electron chi connectivity index (χ1n) is 3.53. The molecule has 0 radical (unpaired) electrons. The number of hydrogen-bond donors (Lipinski definition) is 1. The molecule has 10 heavy (non-hydrogen) atoms. The quantitative estimate of drug-likeness (QED) is 0.603. The predicted octanol–water partition coefficient (Wildman–Crippen LogP) is 1.53. The molecule has 0 unspecified atom stereocenters. The van der Waals surface area contributed by atoms with Gasteiger partial charge in [0.2, 0.25) is 0 Å². The zero-order chi connectivity index (χ0) is 8.20. The molecule has 0 atom stereocenters. The Balaban J connectivity index is 3.96. The lowest BCUT2D eigenvalue weighted by Gasteiger charge is -2.26. The Morgan fingerprint density at radius 1 is 1.60 bits per heavy atom. The summed E-state index contributed by atoms with van der Waals surface area (Å²) in [6.07, 6.45) is 0. The minimum Gasteiger partial charge on any atom is -0.500 e. The Morgan fingerprint density at radius 2 is 2.10 bits per heavy atom. The summed E-state index contributed by atoms with van der Waals surface area (Å²) >= 11 is 0. The third-order valence-electron chi connectivity index (χ3n) is 1.56. The fraction of sp³-hybridized carbons (Fsp3) is 0.750. The number of hydrogen-bond acceptors (Lipinski definition) is 2. The van der Waals surface area contributed by atoms with Crippen LogP contribution in [-0.4, -0.2) is 19.2 Å². The van der Waals surface area contributed by atoms with E-state index < -0.39 is 0 Å². The second-order valence-electron chi connectivity index (χ2n) is 2.78. The van der Waals surface area contributed by atoms with E-state index in [9.17, 15) is 0 Å². The van der Waals surface area contributed by atoms with Crippen LogP contribution >= 0.6 is 0 Å². The van der Waals surface area contributed by atoms with Crippen LogP contribution in [0.3, 0.4) is 0 Å². The van der Waals surface area contributed by atoms with Gasteiger partial charge in [-0.05, 0) is 20.4 Å². The highest BCUT2D eigenvalue weighted by atomic mass is 16.5. The molecule has 1 N–H and O–H groups in total. The highest BCUT2D eigenvalue weighted by Gasteiger charge is 2.20. The second kappa shape index (κ2) is 3.62. The van der Waals surface area contributed by atoms with Crippen molar-refractivity contribution in [3.63, 3.8) is 0 Å². The molecule has 2 heteroatoms. The first-order chi connectivity index (χ1) is 4.54. The van der Waals surface area contributed by atoms with E-state index in [0.29, 0.717) is 0 Å². The van der Waals surface area contributed by atoms with Crippen LogP contribution in [0, 0.1) is 0 Å².